The number of aryl methyl sites for hydroxylation is 1. The van der Waals surface area contributed by atoms with Crippen molar-refractivity contribution >= 4 is 28.9 Å². The zero-order chi connectivity index (χ0) is 25.1. The van der Waals surface area contributed by atoms with Crippen LogP contribution in [0.1, 0.15) is 35.5 Å². The Morgan fingerprint density at radius 1 is 1.06 bits per heavy atom. The Balaban J connectivity index is 1.46. The van der Waals surface area contributed by atoms with Crippen molar-refractivity contribution in [1.82, 2.24) is 19.8 Å². The van der Waals surface area contributed by atoms with Crippen LogP contribution in [0.25, 0.3) is 5.69 Å². The number of benzene rings is 2. The van der Waals surface area contributed by atoms with Crippen molar-refractivity contribution in [2.75, 3.05) is 11.9 Å². The highest BCUT2D eigenvalue weighted by Crippen LogP contribution is 2.39. The molecule has 1 saturated heterocycles. The molecule has 1 amide bonds. The number of para-hydroxylation sites is 2. The van der Waals surface area contributed by atoms with E-state index >= 15 is 0 Å². The molecule has 5 rings (SSSR count). The lowest BCUT2D eigenvalue weighted by Crippen LogP contribution is -2.33. The summed E-state index contributed by atoms with van der Waals surface area (Å²) >= 11 is 5.74. The van der Waals surface area contributed by atoms with Crippen molar-refractivity contribution in [3.63, 3.8) is 0 Å². The smallest absolute Gasteiger partial charge is 0.226 e. The van der Waals surface area contributed by atoms with Crippen LogP contribution in [-0.4, -0.2) is 32.0 Å². The van der Waals surface area contributed by atoms with Gasteiger partial charge in [-0.2, -0.15) is 0 Å². The summed E-state index contributed by atoms with van der Waals surface area (Å²) in [6, 6.07) is 23.8. The van der Waals surface area contributed by atoms with E-state index in [0.717, 1.165) is 22.6 Å². The van der Waals surface area contributed by atoms with Gasteiger partial charge in [-0.25, -0.2) is 4.39 Å². The van der Waals surface area contributed by atoms with Crippen LogP contribution in [0.15, 0.2) is 91.3 Å². The highest BCUT2D eigenvalue weighted by atomic mass is 32.1. The Labute approximate surface area is 214 Å². The summed E-state index contributed by atoms with van der Waals surface area (Å²) in [7, 11) is 0. The molecule has 1 aliphatic rings. The summed E-state index contributed by atoms with van der Waals surface area (Å²) in [5, 5.41) is 6.64. The fourth-order valence-corrected chi connectivity index (χ4v) is 4.99. The summed E-state index contributed by atoms with van der Waals surface area (Å²) in [4.78, 5) is 19.3. The predicted octanol–water partition coefficient (Wildman–Crippen LogP) is 5.32. The average Bonchev–Trinajstić information content (AvgIpc) is 3.49. The van der Waals surface area contributed by atoms with Crippen molar-refractivity contribution in [3.05, 3.63) is 114 Å². The van der Waals surface area contributed by atoms with Gasteiger partial charge in [0.2, 0.25) is 5.91 Å². The number of pyridine rings is 1. The van der Waals surface area contributed by atoms with Gasteiger partial charge < -0.3 is 20.1 Å². The molecule has 1 fully saturated rings. The van der Waals surface area contributed by atoms with Gasteiger partial charge in [0, 0.05) is 36.7 Å². The van der Waals surface area contributed by atoms with E-state index in [1.54, 1.807) is 24.4 Å². The number of nitrogens with zero attached hydrogens (tertiary/aromatic N) is 3. The van der Waals surface area contributed by atoms with Crippen LogP contribution < -0.4 is 10.6 Å². The van der Waals surface area contributed by atoms with Crippen molar-refractivity contribution in [3.8, 4) is 5.69 Å². The lowest BCUT2D eigenvalue weighted by molar-refractivity contribution is -0.116. The molecule has 0 bridgehead atoms. The number of amides is 1. The van der Waals surface area contributed by atoms with Gasteiger partial charge in [0.1, 0.15) is 5.82 Å². The summed E-state index contributed by atoms with van der Waals surface area (Å²) in [5.74, 6) is -0.745. The number of anilines is 1. The van der Waals surface area contributed by atoms with E-state index in [0.29, 0.717) is 11.7 Å². The molecule has 2 N–H and O–H groups in total. The highest BCUT2D eigenvalue weighted by molar-refractivity contribution is 7.80. The van der Waals surface area contributed by atoms with Gasteiger partial charge in [-0.1, -0.05) is 36.4 Å². The van der Waals surface area contributed by atoms with Crippen LogP contribution in [0.4, 0.5) is 10.1 Å². The molecule has 0 radical (unpaired) electrons. The Hall–Kier alpha value is -4.04. The number of aromatic nitrogens is 2. The molecule has 0 saturated carbocycles. The standard InChI is InChI=1S/C28H26FN5OS/c1-19-9-2-5-13-23(19)33-17-8-14-24(33)27-26(22-12-6-7-16-30-22)32-28(36)34(27)18-15-25(35)31-21-11-4-3-10-20(21)29/h2-14,16-17,26-27H,15,18H2,1H3,(H,31,35)(H,32,36)/t26-,27-/m0/s1. The minimum Gasteiger partial charge on any atom is -0.352 e. The Morgan fingerprint density at radius 2 is 1.83 bits per heavy atom. The lowest BCUT2D eigenvalue weighted by Gasteiger charge is -2.29. The van der Waals surface area contributed by atoms with Gasteiger partial charge >= 0.3 is 0 Å². The van der Waals surface area contributed by atoms with Crippen molar-refractivity contribution in [2.45, 2.75) is 25.4 Å². The fraction of sp³-hybridized carbons (Fsp3) is 0.179. The molecule has 2 aromatic carbocycles. The first-order valence-electron chi connectivity index (χ1n) is 11.8. The quantitative estimate of drug-likeness (QED) is 0.337. The number of rotatable bonds is 7. The minimum atomic E-state index is -0.464. The molecule has 36 heavy (non-hydrogen) atoms. The number of carbonyl (C=O) groups excluding carboxylic acids is 1. The zero-order valence-electron chi connectivity index (χ0n) is 19.8. The van der Waals surface area contributed by atoms with Gasteiger partial charge in [0.25, 0.3) is 0 Å². The number of hydrogen-bond acceptors (Lipinski definition) is 3. The summed E-state index contributed by atoms with van der Waals surface area (Å²) in [6.45, 7) is 2.44. The molecule has 0 unspecified atom stereocenters. The summed E-state index contributed by atoms with van der Waals surface area (Å²) < 4.78 is 16.2. The number of halogens is 1. The maximum atomic E-state index is 14.0. The second-order valence-corrected chi connectivity index (χ2v) is 9.07. The third-order valence-electron chi connectivity index (χ3n) is 6.38. The largest absolute Gasteiger partial charge is 0.352 e. The van der Waals surface area contributed by atoms with E-state index in [4.69, 9.17) is 12.2 Å². The number of hydrogen-bond donors (Lipinski definition) is 2. The molecule has 6 nitrogen and oxygen atoms in total. The van der Waals surface area contributed by atoms with Crippen LogP contribution in [-0.2, 0) is 4.79 Å². The topological polar surface area (TPSA) is 62.2 Å². The van der Waals surface area contributed by atoms with Gasteiger partial charge in [-0.3, -0.25) is 9.78 Å². The number of thiocarbonyl (C=S) groups is 1. The SMILES string of the molecule is Cc1ccccc1-n1cccc1[C@H]1[C@H](c2ccccn2)NC(=S)N1CCC(=O)Nc1ccccc1F. The van der Waals surface area contributed by atoms with Gasteiger partial charge in [-0.15, -0.1) is 0 Å². The van der Waals surface area contributed by atoms with E-state index < -0.39 is 5.82 Å². The molecule has 1 aliphatic heterocycles. The fourth-order valence-electron chi connectivity index (χ4n) is 4.65. The average molecular weight is 500 g/mol. The first kappa shape index (κ1) is 23.7. The van der Waals surface area contributed by atoms with Crippen LogP contribution in [0.3, 0.4) is 0 Å². The van der Waals surface area contributed by atoms with E-state index in [-0.39, 0.29) is 30.1 Å². The predicted molar refractivity (Wildman–Crippen MR) is 142 cm³/mol. The molecular formula is C28H26FN5OS. The van der Waals surface area contributed by atoms with E-state index in [1.165, 1.54) is 6.07 Å². The van der Waals surface area contributed by atoms with Gasteiger partial charge in [0.15, 0.2) is 5.11 Å². The van der Waals surface area contributed by atoms with Crippen LogP contribution in [0.5, 0.6) is 0 Å². The van der Waals surface area contributed by atoms with E-state index in [2.05, 4.69) is 45.3 Å². The van der Waals surface area contributed by atoms with Crippen molar-refractivity contribution in [1.29, 1.82) is 0 Å². The summed E-state index contributed by atoms with van der Waals surface area (Å²) in [6.07, 6.45) is 3.95. The second-order valence-electron chi connectivity index (χ2n) is 8.69. The van der Waals surface area contributed by atoms with Crippen molar-refractivity contribution in [2.24, 2.45) is 0 Å². The Morgan fingerprint density at radius 3 is 2.61 bits per heavy atom. The minimum absolute atomic E-state index is 0.146. The molecule has 2 atom stereocenters. The van der Waals surface area contributed by atoms with Crippen LogP contribution in [0.2, 0.25) is 0 Å². The van der Waals surface area contributed by atoms with E-state index in [1.807, 2.05) is 47.5 Å². The lowest BCUT2D eigenvalue weighted by atomic mass is 10.0. The van der Waals surface area contributed by atoms with Crippen LogP contribution >= 0.6 is 12.2 Å². The highest BCUT2D eigenvalue weighted by Gasteiger charge is 2.41. The summed E-state index contributed by atoms with van der Waals surface area (Å²) in [5.41, 5.74) is 4.28. The maximum absolute atomic E-state index is 14.0. The third-order valence-corrected chi connectivity index (χ3v) is 6.74. The molecular weight excluding hydrogens is 473 g/mol. The molecule has 3 heterocycles. The first-order valence-corrected chi connectivity index (χ1v) is 12.2. The molecule has 2 aromatic heterocycles. The Kier molecular flexibility index (Phi) is 6.77. The van der Waals surface area contributed by atoms with Gasteiger partial charge in [0.05, 0.1) is 23.5 Å². The molecule has 4 aromatic rings. The number of carbonyl (C=O) groups is 1. The van der Waals surface area contributed by atoms with Crippen molar-refractivity contribution < 1.29 is 9.18 Å². The molecule has 0 aliphatic carbocycles. The Bertz CT molecular complexity index is 1390. The normalized spacial score (nSPS) is 17.2. The van der Waals surface area contributed by atoms with Crippen LogP contribution in [0, 0.1) is 12.7 Å². The van der Waals surface area contributed by atoms with E-state index in [9.17, 15) is 9.18 Å². The van der Waals surface area contributed by atoms with Gasteiger partial charge in [-0.05, 0) is 67.2 Å². The maximum Gasteiger partial charge on any atom is 0.226 e. The number of nitrogens with one attached hydrogen (secondary N) is 2. The molecule has 182 valence electrons. The monoisotopic (exact) mass is 499 g/mol. The molecule has 8 heteroatoms. The molecule has 0 spiro atoms. The first-order chi connectivity index (χ1) is 17.5. The third kappa shape index (κ3) is 4.72. The zero-order valence-corrected chi connectivity index (χ0v) is 20.6. The second kappa shape index (κ2) is 10.3.